The number of nitrogens with one attached hydrogen (secondary N) is 1. The first kappa shape index (κ1) is 15.6. The number of nitrogens with two attached hydrogens (primary N) is 1. The van der Waals surface area contributed by atoms with Crippen LogP contribution in [0.15, 0.2) is 6.07 Å². The van der Waals surface area contributed by atoms with Crippen molar-refractivity contribution in [1.29, 1.82) is 5.26 Å². The maximum absolute atomic E-state index is 11.5. The van der Waals surface area contributed by atoms with Gasteiger partial charge >= 0.3 is 0 Å². The van der Waals surface area contributed by atoms with Crippen LogP contribution >= 0.6 is 11.6 Å². The minimum absolute atomic E-state index is 0.0336. The van der Waals surface area contributed by atoms with E-state index in [1.165, 1.54) is 0 Å². The summed E-state index contributed by atoms with van der Waals surface area (Å²) >= 11 is 6.23. The van der Waals surface area contributed by atoms with Crippen LogP contribution in [0.3, 0.4) is 0 Å². The fraction of sp³-hybridized carbons (Fsp3) is 0.467. The van der Waals surface area contributed by atoms with Gasteiger partial charge in [0.25, 0.3) is 0 Å². The molecule has 0 radical (unpaired) electrons. The minimum Gasteiger partial charge on any atom is -0.493 e. The largest absolute Gasteiger partial charge is 0.493 e. The Morgan fingerprint density at radius 3 is 2.86 bits per heavy atom. The Morgan fingerprint density at radius 1 is 1.67 bits per heavy atom. The number of nitrogens with zero attached hydrogens (tertiary/aromatic N) is 1. The first-order chi connectivity index (χ1) is 9.99. The molecule has 21 heavy (non-hydrogen) atoms. The summed E-state index contributed by atoms with van der Waals surface area (Å²) in [5.74, 6) is 0.438. The van der Waals surface area contributed by atoms with Crippen LogP contribution in [0.4, 0.5) is 0 Å². The summed E-state index contributed by atoms with van der Waals surface area (Å²) in [7, 11) is 0. The number of carbonyl (C=O) groups is 1. The number of amides is 1. The molecule has 1 aliphatic rings. The lowest BCUT2D eigenvalue weighted by Gasteiger charge is -2.22. The van der Waals surface area contributed by atoms with Crippen LogP contribution in [-0.2, 0) is 4.79 Å². The number of halogens is 1. The molecule has 0 spiro atoms. The van der Waals surface area contributed by atoms with Gasteiger partial charge in [-0.05, 0) is 19.9 Å². The van der Waals surface area contributed by atoms with Crippen molar-refractivity contribution in [1.82, 2.24) is 5.32 Å². The third-order valence-corrected chi connectivity index (χ3v) is 3.87. The van der Waals surface area contributed by atoms with E-state index in [1.54, 1.807) is 6.07 Å². The van der Waals surface area contributed by atoms with Crippen LogP contribution in [0.5, 0.6) is 5.75 Å². The molecule has 112 valence electrons. The number of benzene rings is 1. The van der Waals surface area contributed by atoms with Crippen molar-refractivity contribution < 1.29 is 9.53 Å². The van der Waals surface area contributed by atoms with Gasteiger partial charge < -0.3 is 15.8 Å². The number of ether oxygens (including phenoxy) is 1. The molecular formula is C15H18ClN3O2. The molecule has 1 amide bonds. The molecule has 6 heteroatoms. The van der Waals surface area contributed by atoms with Gasteiger partial charge in [-0.1, -0.05) is 11.6 Å². The second-order valence-electron chi connectivity index (χ2n) is 5.10. The first-order valence-electron chi connectivity index (χ1n) is 6.91. The Bertz CT molecular complexity index is 608. The van der Waals surface area contributed by atoms with Crippen LogP contribution < -0.4 is 15.8 Å². The van der Waals surface area contributed by atoms with Crippen molar-refractivity contribution in [3.05, 3.63) is 27.8 Å². The van der Waals surface area contributed by atoms with Crippen LogP contribution in [0.1, 0.15) is 48.9 Å². The third kappa shape index (κ3) is 2.97. The molecule has 1 fully saturated rings. The maximum Gasteiger partial charge on any atom is 0.220 e. The molecule has 0 saturated carbocycles. The van der Waals surface area contributed by atoms with Crippen molar-refractivity contribution in [3.8, 4) is 11.8 Å². The number of hydrogen-bond donors (Lipinski definition) is 2. The van der Waals surface area contributed by atoms with Gasteiger partial charge in [0.1, 0.15) is 11.8 Å². The Balaban J connectivity index is 2.67. The van der Waals surface area contributed by atoms with E-state index >= 15 is 0 Å². The highest BCUT2D eigenvalue weighted by Crippen LogP contribution is 2.41. The van der Waals surface area contributed by atoms with Gasteiger partial charge in [0.15, 0.2) is 0 Å². The van der Waals surface area contributed by atoms with Gasteiger partial charge in [-0.25, -0.2) is 0 Å². The lowest BCUT2D eigenvalue weighted by molar-refractivity contribution is -0.119. The molecular weight excluding hydrogens is 290 g/mol. The van der Waals surface area contributed by atoms with Gasteiger partial charge in [0.2, 0.25) is 5.91 Å². The molecule has 2 atom stereocenters. The standard InChI is InChI=1S/C15H18ClN3O2/c1-3-21-15-10(8(2)18)5-12(16)11(6-17)14(15)9-4-13(20)19-7-9/h5,8-9H,3-4,7,18H2,1-2H3,(H,19,20). The second-order valence-corrected chi connectivity index (χ2v) is 5.51. The molecule has 0 aliphatic carbocycles. The highest BCUT2D eigenvalue weighted by molar-refractivity contribution is 6.32. The fourth-order valence-electron chi connectivity index (χ4n) is 2.63. The maximum atomic E-state index is 11.5. The molecule has 2 rings (SSSR count). The van der Waals surface area contributed by atoms with Gasteiger partial charge in [0.05, 0.1) is 17.2 Å². The predicted octanol–water partition coefficient (Wildman–Crippen LogP) is 2.23. The molecule has 3 N–H and O–H groups in total. The van der Waals surface area contributed by atoms with E-state index in [0.29, 0.717) is 41.5 Å². The summed E-state index contributed by atoms with van der Waals surface area (Å²) in [6.45, 7) is 4.63. The van der Waals surface area contributed by atoms with Crippen molar-refractivity contribution in [3.63, 3.8) is 0 Å². The van der Waals surface area contributed by atoms with Crippen molar-refractivity contribution in [2.75, 3.05) is 13.2 Å². The third-order valence-electron chi connectivity index (χ3n) is 3.57. The topological polar surface area (TPSA) is 88.1 Å². The molecule has 2 unspecified atom stereocenters. The van der Waals surface area contributed by atoms with E-state index in [9.17, 15) is 10.1 Å². The highest BCUT2D eigenvalue weighted by Gasteiger charge is 2.31. The van der Waals surface area contributed by atoms with Crippen LogP contribution in [0.25, 0.3) is 0 Å². The molecule has 1 aromatic carbocycles. The summed E-state index contributed by atoms with van der Waals surface area (Å²) in [5, 5.41) is 12.5. The van der Waals surface area contributed by atoms with E-state index in [1.807, 2.05) is 13.8 Å². The van der Waals surface area contributed by atoms with Crippen LogP contribution in [0.2, 0.25) is 5.02 Å². The summed E-state index contributed by atoms with van der Waals surface area (Å²) in [6.07, 6.45) is 0.327. The summed E-state index contributed by atoms with van der Waals surface area (Å²) in [5.41, 5.74) is 7.81. The van der Waals surface area contributed by atoms with Crippen molar-refractivity contribution in [2.24, 2.45) is 5.73 Å². The molecule has 1 heterocycles. The highest BCUT2D eigenvalue weighted by atomic mass is 35.5. The van der Waals surface area contributed by atoms with Crippen molar-refractivity contribution >= 4 is 17.5 Å². The smallest absolute Gasteiger partial charge is 0.220 e. The summed E-state index contributed by atoms with van der Waals surface area (Å²) in [4.78, 5) is 11.5. The molecule has 1 aromatic rings. The lowest BCUT2D eigenvalue weighted by atomic mass is 9.89. The van der Waals surface area contributed by atoms with Crippen LogP contribution in [0, 0.1) is 11.3 Å². The average molecular weight is 308 g/mol. The van der Waals surface area contributed by atoms with E-state index < -0.39 is 0 Å². The predicted molar refractivity (Wildman–Crippen MR) is 80.3 cm³/mol. The lowest BCUT2D eigenvalue weighted by Crippen LogP contribution is -2.16. The summed E-state index contributed by atoms with van der Waals surface area (Å²) < 4.78 is 5.75. The zero-order valence-electron chi connectivity index (χ0n) is 12.1. The molecule has 5 nitrogen and oxygen atoms in total. The normalized spacial score (nSPS) is 19.0. The molecule has 0 aromatic heterocycles. The molecule has 1 saturated heterocycles. The van der Waals surface area contributed by atoms with Gasteiger partial charge in [-0.2, -0.15) is 5.26 Å². The second kappa shape index (κ2) is 6.33. The fourth-order valence-corrected chi connectivity index (χ4v) is 2.89. The Kier molecular flexibility index (Phi) is 4.71. The first-order valence-corrected chi connectivity index (χ1v) is 7.28. The van der Waals surface area contributed by atoms with E-state index in [2.05, 4.69) is 11.4 Å². The number of nitriles is 1. The zero-order chi connectivity index (χ0) is 15.6. The van der Waals surface area contributed by atoms with Gasteiger partial charge in [-0.3, -0.25) is 4.79 Å². The van der Waals surface area contributed by atoms with Crippen molar-refractivity contribution in [2.45, 2.75) is 32.2 Å². The van der Waals surface area contributed by atoms with Gasteiger partial charge in [-0.15, -0.1) is 0 Å². The number of hydrogen-bond acceptors (Lipinski definition) is 4. The average Bonchev–Trinajstić information content (AvgIpc) is 2.86. The Labute approximate surface area is 129 Å². The molecule has 1 aliphatic heterocycles. The SMILES string of the molecule is CCOc1c(C(C)N)cc(Cl)c(C#N)c1C1CNC(=O)C1. The zero-order valence-corrected chi connectivity index (χ0v) is 12.8. The van der Waals surface area contributed by atoms with E-state index in [-0.39, 0.29) is 17.9 Å². The monoisotopic (exact) mass is 307 g/mol. The van der Waals surface area contributed by atoms with Crippen LogP contribution in [-0.4, -0.2) is 19.1 Å². The Hall–Kier alpha value is -1.77. The molecule has 0 bridgehead atoms. The van der Waals surface area contributed by atoms with Gasteiger partial charge in [0, 0.05) is 36.1 Å². The van der Waals surface area contributed by atoms with E-state index in [4.69, 9.17) is 22.1 Å². The van der Waals surface area contributed by atoms with E-state index in [0.717, 1.165) is 5.56 Å². The number of carbonyl (C=O) groups excluding carboxylic acids is 1. The quantitative estimate of drug-likeness (QED) is 0.893. The number of rotatable bonds is 4. The summed E-state index contributed by atoms with van der Waals surface area (Å²) in [6, 6.07) is 3.54. The minimum atomic E-state index is -0.277. The Morgan fingerprint density at radius 2 is 2.38 bits per heavy atom.